The number of hydrogen-bond acceptors (Lipinski definition) is 3. The van der Waals surface area contributed by atoms with E-state index in [1.165, 1.54) is 5.56 Å². The predicted molar refractivity (Wildman–Crippen MR) is 69.4 cm³/mol. The van der Waals surface area contributed by atoms with E-state index in [0.717, 1.165) is 23.3 Å². The molecule has 3 nitrogen and oxygen atoms in total. The molecule has 2 rings (SSSR count). The van der Waals surface area contributed by atoms with Crippen LogP contribution in [0.25, 0.3) is 0 Å². The molecule has 18 heavy (non-hydrogen) atoms. The normalized spacial score (nSPS) is 9.78. The lowest BCUT2D eigenvalue weighted by Gasteiger charge is -2.11. The van der Waals surface area contributed by atoms with Crippen LogP contribution in [0, 0.1) is 11.3 Å². The summed E-state index contributed by atoms with van der Waals surface area (Å²) in [5.41, 5.74) is 3.21. The fourth-order valence-electron chi connectivity index (χ4n) is 1.98. The monoisotopic (exact) mass is 238 g/mol. The maximum atomic E-state index is 8.81. The molecule has 0 amide bonds. The number of para-hydroxylation sites is 1. The minimum Gasteiger partial charge on any atom is -0.496 e. The Labute approximate surface area is 107 Å². The molecule has 1 aromatic heterocycles. The van der Waals surface area contributed by atoms with E-state index in [2.05, 4.69) is 11.1 Å². The number of ether oxygens (including phenoxy) is 1. The van der Waals surface area contributed by atoms with Crippen molar-refractivity contribution >= 4 is 0 Å². The Balaban J connectivity index is 2.33. The summed E-state index contributed by atoms with van der Waals surface area (Å²) in [4.78, 5) is 4.00. The first-order valence-electron chi connectivity index (χ1n) is 5.75. The molecule has 3 heteroatoms. The second-order valence-electron chi connectivity index (χ2n) is 3.98. The third kappa shape index (κ3) is 2.67. The van der Waals surface area contributed by atoms with Crippen LogP contribution in [0.4, 0.5) is 0 Å². The number of benzene rings is 1. The summed E-state index contributed by atoms with van der Waals surface area (Å²) in [6.45, 7) is 0. The second kappa shape index (κ2) is 5.83. The van der Waals surface area contributed by atoms with Gasteiger partial charge in [0.2, 0.25) is 0 Å². The molecule has 1 aromatic carbocycles. The first-order valence-corrected chi connectivity index (χ1v) is 5.75. The largest absolute Gasteiger partial charge is 0.496 e. The van der Waals surface area contributed by atoms with Crippen LogP contribution in [-0.4, -0.2) is 12.1 Å². The molecule has 0 atom stereocenters. The van der Waals surface area contributed by atoms with Gasteiger partial charge in [-0.15, -0.1) is 0 Å². The quantitative estimate of drug-likeness (QED) is 0.822. The molecule has 0 radical (unpaired) electrons. The average Bonchev–Trinajstić information content (AvgIpc) is 2.41. The molecule has 2 aromatic rings. The molecule has 0 aliphatic carbocycles. The highest BCUT2D eigenvalue weighted by Gasteiger charge is 2.09. The van der Waals surface area contributed by atoms with Crippen LogP contribution in [0.2, 0.25) is 0 Å². The Morgan fingerprint density at radius 3 is 2.56 bits per heavy atom. The van der Waals surface area contributed by atoms with E-state index in [9.17, 15) is 0 Å². The lowest BCUT2D eigenvalue weighted by Crippen LogP contribution is -1.98. The molecule has 0 saturated heterocycles. The molecular weight excluding hydrogens is 224 g/mol. The maximum absolute atomic E-state index is 8.81. The molecule has 0 bridgehead atoms. The highest BCUT2D eigenvalue weighted by atomic mass is 16.5. The van der Waals surface area contributed by atoms with E-state index >= 15 is 0 Å². The molecule has 0 saturated carbocycles. The van der Waals surface area contributed by atoms with Gasteiger partial charge < -0.3 is 4.74 Å². The third-order valence-corrected chi connectivity index (χ3v) is 2.80. The van der Waals surface area contributed by atoms with E-state index in [1.807, 2.05) is 30.3 Å². The zero-order valence-corrected chi connectivity index (χ0v) is 10.3. The topological polar surface area (TPSA) is 45.9 Å². The third-order valence-electron chi connectivity index (χ3n) is 2.80. The number of methoxy groups -OCH3 is 1. The van der Waals surface area contributed by atoms with Crippen molar-refractivity contribution < 1.29 is 4.74 Å². The first-order chi connectivity index (χ1) is 8.85. The van der Waals surface area contributed by atoms with Crippen LogP contribution in [0.1, 0.15) is 16.7 Å². The number of aromatic nitrogens is 1. The van der Waals surface area contributed by atoms with Gasteiger partial charge in [-0.2, -0.15) is 5.26 Å². The zero-order valence-electron chi connectivity index (χ0n) is 10.3. The summed E-state index contributed by atoms with van der Waals surface area (Å²) >= 11 is 0. The van der Waals surface area contributed by atoms with Gasteiger partial charge in [0.05, 0.1) is 19.6 Å². The Bertz CT molecular complexity index is 558. The number of pyridine rings is 1. The average molecular weight is 238 g/mol. The van der Waals surface area contributed by atoms with E-state index in [-0.39, 0.29) is 0 Å². The van der Waals surface area contributed by atoms with Crippen molar-refractivity contribution in [2.75, 3.05) is 7.11 Å². The molecule has 0 fully saturated rings. The molecular formula is C15H14N2O. The standard InChI is InChI=1S/C15H14N2O/c1-18-15-13(5-8-16)3-2-4-14(15)11-12-6-9-17-10-7-12/h2-4,6-7,9-10H,5,11H2,1H3. The van der Waals surface area contributed by atoms with E-state index in [1.54, 1.807) is 19.5 Å². The molecule has 0 aliphatic heterocycles. The van der Waals surface area contributed by atoms with Gasteiger partial charge >= 0.3 is 0 Å². The van der Waals surface area contributed by atoms with Gasteiger partial charge in [0, 0.05) is 24.4 Å². The fourth-order valence-corrected chi connectivity index (χ4v) is 1.98. The van der Waals surface area contributed by atoms with Crippen molar-refractivity contribution in [3.63, 3.8) is 0 Å². The van der Waals surface area contributed by atoms with Gasteiger partial charge in [0.25, 0.3) is 0 Å². The molecule has 0 unspecified atom stereocenters. The van der Waals surface area contributed by atoms with Gasteiger partial charge in [-0.3, -0.25) is 4.98 Å². The van der Waals surface area contributed by atoms with Crippen molar-refractivity contribution in [1.29, 1.82) is 5.26 Å². The van der Waals surface area contributed by atoms with Gasteiger partial charge in [-0.25, -0.2) is 0 Å². The van der Waals surface area contributed by atoms with E-state index in [4.69, 9.17) is 10.00 Å². The minimum atomic E-state index is 0.368. The van der Waals surface area contributed by atoms with Crippen molar-refractivity contribution in [3.8, 4) is 11.8 Å². The second-order valence-corrected chi connectivity index (χ2v) is 3.98. The van der Waals surface area contributed by atoms with Crippen LogP contribution in [0.5, 0.6) is 5.75 Å². The number of nitriles is 1. The van der Waals surface area contributed by atoms with Crippen LogP contribution in [0.3, 0.4) is 0 Å². The Morgan fingerprint density at radius 1 is 1.17 bits per heavy atom. The lowest BCUT2D eigenvalue weighted by molar-refractivity contribution is 0.406. The van der Waals surface area contributed by atoms with Crippen LogP contribution >= 0.6 is 0 Å². The van der Waals surface area contributed by atoms with Crippen molar-refractivity contribution in [2.24, 2.45) is 0 Å². The van der Waals surface area contributed by atoms with Crippen LogP contribution in [-0.2, 0) is 12.8 Å². The van der Waals surface area contributed by atoms with Gasteiger partial charge in [0.1, 0.15) is 5.75 Å². The Morgan fingerprint density at radius 2 is 1.89 bits per heavy atom. The first kappa shape index (κ1) is 12.1. The SMILES string of the molecule is COc1c(CC#N)cccc1Cc1ccncc1. The number of nitrogens with zero attached hydrogens (tertiary/aromatic N) is 2. The van der Waals surface area contributed by atoms with Crippen LogP contribution < -0.4 is 4.74 Å². The smallest absolute Gasteiger partial charge is 0.126 e. The highest BCUT2D eigenvalue weighted by molar-refractivity contribution is 5.44. The zero-order chi connectivity index (χ0) is 12.8. The summed E-state index contributed by atoms with van der Waals surface area (Å²) < 4.78 is 5.43. The lowest BCUT2D eigenvalue weighted by atomic mass is 10.0. The summed E-state index contributed by atoms with van der Waals surface area (Å²) in [7, 11) is 1.65. The van der Waals surface area contributed by atoms with Gasteiger partial charge in [-0.1, -0.05) is 18.2 Å². The van der Waals surface area contributed by atoms with E-state index < -0.39 is 0 Å². The summed E-state index contributed by atoms with van der Waals surface area (Å²) in [5.74, 6) is 0.816. The molecule has 90 valence electrons. The van der Waals surface area contributed by atoms with E-state index in [0.29, 0.717) is 6.42 Å². The number of hydrogen-bond donors (Lipinski definition) is 0. The van der Waals surface area contributed by atoms with Gasteiger partial charge in [-0.05, 0) is 23.3 Å². The Kier molecular flexibility index (Phi) is 3.93. The van der Waals surface area contributed by atoms with Crippen molar-refractivity contribution in [3.05, 3.63) is 59.4 Å². The highest BCUT2D eigenvalue weighted by Crippen LogP contribution is 2.26. The molecule has 0 aliphatic rings. The van der Waals surface area contributed by atoms with Crippen molar-refractivity contribution in [1.82, 2.24) is 4.98 Å². The van der Waals surface area contributed by atoms with Crippen LogP contribution in [0.15, 0.2) is 42.7 Å². The predicted octanol–water partition coefficient (Wildman–Crippen LogP) is 2.75. The summed E-state index contributed by atoms with van der Waals surface area (Å²) in [6, 6.07) is 12.0. The molecule has 0 N–H and O–H groups in total. The minimum absolute atomic E-state index is 0.368. The molecule has 0 spiro atoms. The molecule has 1 heterocycles. The summed E-state index contributed by atoms with van der Waals surface area (Å²) in [5, 5.41) is 8.81. The summed E-state index contributed by atoms with van der Waals surface area (Å²) in [6.07, 6.45) is 4.71. The maximum Gasteiger partial charge on any atom is 0.126 e. The Hall–Kier alpha value is -2.34. The number of rotatable bonds is 4. The van der Waals surface area contributed by atoms with Gasteiger partial charge in [0.15, 0.2) is 0 Å². The fraction of sp³-hybridized carbons (Fsp3) is 0.200. The van der Waals surface area contributed by atoms with Crippen molar-refractivity contribution in [2.45, 2.75) is 12.8 Å².